The zero-order valence-electron chi connectivity index (χ0n) is 11.2. The molecule has 3 nitrogen and oxygen atoms in total. The molecule has 1 aliphatic carbocycles. The van der Waals surface area contributed by atoms with Gasteiger partial charge in [-0.1, -0.05) is 13.0 Å². The summed E-state index contributed by atoms with van der Waals surface area (Å²) in [5.41, 5.74) is 6.29. The molecular weight excluding hydrogens is 244 g/mol. The standard InChI is InChI=1S/C14H24N2OS/c1-3-12(15)14(13-5-4-6-18-13)16(2)9-10-7-11(17)8-10/h4-6,10-12,14,17H,3,7-9,15H2,1-2H3. The molecule has 0 aromatic carbocycles. The van der Waals surface area contributed by atoms with E-state index in [1.165, 1.54) is 4.88 Å². The van der Waals surface area contributed by atoms with E-state index in [4.69, 9.17) is 5.73 Å². The largest absolute Gasteiger partial charge is 0.393 e. The van der Waals surface area contributed by atoms with Crippen LogP contribution in [0.5, 0.6) is 0 Å². The van der Waals surface area contributed by atoms with Crippen LogP contribution in [0.3, 0.4) is 0 Å². The SMILES string of the molecule is CCC(N)C(c1cccs1)N(C)CC1CC(O)C1. The summed E-state index contributed by atoms with van der Waals surface area (Å²) < 4.78 is 0. The van der Waals surface area contributed by atoms with Gasteiger partial charge in [-0.15, -0.1) is 11.3 Å². The Morgan fingerprint density at radius 2 is 2.28 bits per heavy atom. The molecule has 2 atom stereocenters. The van der Waals surface area contributed by atoms with E-state index in [-0.39, 0.29) is 12.1 Å². The van der Waals surface area contributed by atoms with Gasteiger partial charge in [0.2, 0.25) is 0 Å². The first kappa shape index (κ1) is 14.0. The molecule has 1 aromatic heterocycles. The third-order valence-electron chi connectivity index (χ3n) is 3.94. The predicted molar refractivity (Wildman–Crippen MR) is 76.7 cm³/mol. The van der Waals surface area contributed by atoms with Crippen LogP contribution in [-0.4, -0.2) is 35.7 Å². The van der Waals surface area contributed by atoms with E-state index in [9.17, 15) is 5.11 Å². The Hall–Kier alpha value is -0.420. The van der Waals surface area contributed by atoms with Gasteiger partial charge < -0.3 is 10.8 Å². The van der Waals surface area contributed by atoms with Crippen molar-refractivity contribution in [3.8, 4) is 0 Å². The molecule has 4 heteroatoms. The van der Waals surface area contributed by atoms with E-state index < -0.39 is 0 Å². The fourth-order valence-corrected chi connectivity index (χ4v) is 3.77. The van der Waals surface area contributed by atoms with Crippen LogP contribution in [-0.2, 0) is 0 Å². The highest BCUT2D eigenvalue weighted by molar-refractivity contribution is 7.10. The molecule has 18 heavy (non-hydrogen) atoms. The van der Waals surface area contributed by atoms with Crippen molar-refractivity contribution in [2.45, 2.75) is 44.4 Å². The molecule has 0 saturated heterocycles. The summed E-state index contributed by atoms with van der Waals surface area (Å²) in [6.45, 7) is 3.18. The zero-order chi connectivity index (χ0) is 13.1. The van der Waals surface area contributed by atoms with Crippen LogP contribution in [0.4, 0.5) is 0 Å². The average molecular weight is 268 g/mol. The minimum Gasteiger partial charge on any atom is -0.393 e. The molecule has 1 aliphatic rings. The molecule has 0 spiro atoms. The maximum absolute atomic E-state index is 9.37. The first-order chi connectivity index (χ1) is 8.61. The van der Waals surface area contributed by atoms with Crippen LogP contribution in [0.25, 0.3) is 0 Å². The van der Waals surface area contributed by atoms with Crippen LogP contribution in [0.1, 0.15) is 37.1 Å². The highest BCUT2D eigenvalue weighted by Gasteiger charge is 2.31. The number of aliphatic hydroxyl groups excluding tert-OH is 1. The van der Waals surface area contributed by atoms with Gasteiger partial charge in [0.05, 0.1) is 12.1 Å². The molecule has 1 fully saturated rings. The molecule has 1 aromatic rings. The Kier molecular flexibility index (Phi) is 4.78. The smallest absolute Gasteiger partial charge is 0.0590 e. The summed E-state index contributed by atoms with van der Waals surface area (Å²) in [7, 11) is 2.16. The van der Waals surface area contributed by atoms with Gasteiger partial charge in [-0.25, -0.2) is 0 Å². The molecule has 1 heterocycles. The van der Waals surface area contributed by atoms with Crippen molar-refractivity contribution < 1.29 is 5.11 Å². The van der Waals surface area contributed by atoms with Gasteiger partial charge in [0.15, 0.2) is 0 Å². The van der Waals surface area contributed by atoms with Crippen molar-refractivity contribution in [3.63, 3.8) is 0 Å². The van der Waals surface area contributed by atoms with E-state index in [1.54, 1.807) is 11.3 Å². The Bertz CT molecular complexity index is 349. The van der Waals surface area contributed by atoms with E-state index >= 15 is 0 Å². The number of nitrogens with zero attached hydrogens (tertiary/aromatic N) is 1. The fourth-order valence-electron chi connectivity index (χ4n) is 2.81. The number of nitrogens with two attached hydrogens (primary N) is 1. The van der Waals surface area contributed by atoms with Crippen molar-refractivity contribution in [2.24, 2.45) is 11.7 Å². The van der Waals surface area contributed by atoms with Gasteiger partial charge in [0, 0.05) is 17.5 Å². The second kappa shape index (κ2) is 6.15. The summed E-state index contributed by atoms with van der Waals surface area (Å²) in [6, 6.07) is 4.76. The van der Waals surface area contributed by atoms with Crippen molar-refractivity contribution in [1.29, 1.82) is 0 Å². The third kappa shape index (κ3) is 3.12. The number of likely N-dealkylation sites (N-methyl/N-ethyl adjacent to an activating group) is 1. The lowest BCUT2D eigenvalue weighted by molar-refractivity contribution is 0.0200. The molecule has 3 N–H and O–H groups in total. The van der Waals surface area contributed by atoms with Gasteiger partial charge in [-0.05, 0) is 43.7 Å². The molecule has 2 rings (SSSR count). The number of rotatable bonds is 6. The lowest BCUT2D eigenvalue weighted by Crippen LogP contribution is -2.43. The van der Waals surface area contributed by atoms with Crippen LogP contribution in [0.2, 0.25) is 0 Å². The zero-order valence-corrected chi connectivity index (χ0v) is 12.1. The summed E-state index contributed by atoms with van der Waals surface area (Å²) in [5.74, 6) is 0.636. The topological polar surface area (TPSA) is 49.5 Å². The molecule has 102 valence electrons. The summed E-state index contributed by atoms with van der Waals surface area (Å²) in [6.07, 6.45) is 2.81. The molecular formula is C14H24N2OS. The van der Waals surface area contributed by atoms with E-state index in [0.717, 1.165) is 25.8 Å². The van der Waals surface area contributed by atoms with Gasteiger partial charge in [-0.3, -0.25) is 4.90 Å². The first-order valence-corrected chi connectivity index (χ1v) is 7.67. The lowest BCUT2D eigenvalue weighted by atomic mass is 9.82. The van der Waals surface area contributed by atoms with Crippen LogP contribution in [0, 0.1) is 5.92 Å². The highest BCUT2D eigenvalue weighted by Crippen LogP contribution is 2.33. The number of aliphatic hydroxyl groups is 1. The second-order valence-corrected chi connectivity index (χ2v) is 6.44. The van der Waals surface area contributed by atoms with E-state index in [0.29, 0.717) is 12.0 Å². The Morgan fingerprint density at radius 1 is 1.56 bits per heavy atom. The number of hydrogen-bond acceptors (Lipinski definition) is 4. The minimum absolute atomic E-state index is 0.0663. The number of thiophene rings is 1. The maximum Gasteiger partial charge on any atom is 0.0590 e. The van der Waals surface area contributed by atoms with Gasteiger partial charge in [0.1, 0.15) is 0 Å². The average Bonchev–Trinajstić information content (AvgIpc) is 2.80. The van der Waals surface area contributed by atoms with Crippen LogP contribution in [0.15, 0.2) is 17.5 Å². The first-order valence-electron chi connectivity index (χ1n) is 6.79. The Morgan fingerprint density at radius 3 is 2.78 bits per heavy atom. The maximum atomic E-state index is 9.37. The number of hydrogen-bond donors (Lipinski definition) is 2. The van der Waals surface area contributed by atoms with Crippen LogP contribution < -0.4 is 5.73 Å². The quantitative estimate of drug-likeness (QED) is 0.832. The summed E-state index contributed by atoms with van der Waals surface area (Å²) >= 11 is 1.79. The molecule has 0 radical (unpaired) electrons. The van der Waals surface area contributed by atoms with Gasteiger partial charge >= 0.3 is 0 Å². The molecule has 2 unspecified atom stereocenters. The fraction of sp³-hybridized carbons (Fsp3) is 0.714. The molecule has 0 bridgehead atoms. The van der Waals surface area contributed by atoms with E-state index in [2.05, 4.69) is 36.4 Å². The third-order valence-corrected chi connectivity index (χ3v) is 4.89. The van der Waals surface area contributed by atoms with Crippen molar-refractivity contribution in [2.75, 3.05) is 13.6 Å². The van der Waals surface area contributed by atoms with Crippen LogP contribution >= 0.6 is 11.3 Å². The highest BCUT2D eigenvalue weighted by atomic mass is 32.1. The molecule has 0 amide bonds. The minimum atomic E-state index is -0.0663. The van der Waals surface area contributed by atoms with Crippen molar-refractivity contribution in [3.05, 3.63) is 22.4 Å². The van der Waals surface area contributed by atoms with Crippen molar-refractivity contribution >= 4 is 11.3 Å². The van der Waals surface area contributed by atoms with Crippen molar-refractivity contribution in [1.82, 2.24) is 4.90 Å². The molecule has 0 aliphatic heterocycles. The monoisotopic (exact) mass is 268 g/mol. The molecule has 1 saturated carbocycles. The Balaban J connectivity index is 1.99. The lowest BCUT2D eigenvalue weighted by Gasteiger charge is -2.39. The second-order valence-electron chi connectivity index (χ2n) is 5.46. The predicted octanol–water partition coefficient (Wildman–Crippen LogP) is 2.23. The summed E-state index contributed by atoms with van der Waals surface area (Å²) in [4.78, 5) is 3.73. The normalized spacial score (nSPS) is 26.9. The summed E-state index contributed by atoms with van der Waals surface area (Å²) in [5, 5.41) is 11.5. The van der Waals surface area contributed by atoms with Gasteiger partial charge in [-0.2, -0.15) is 0 Å². The van der Waals surface area contributed by atoms with Gasteiger partial charge in [0.25, 0.3) is 0 Å². The van der Waals surface area contributed by atoms with E-state index in [1.807, 2.05) is 0 Å². The Labute approximate surface area is 114 Å².